The van der Waals surface area contributed by atoms with Crippen LogP contribution in [0.15, 0.2) is 42.5 Å². The maximum atomic E-state index is 5.79. The van der Waals surface area contributed by atoms with E-state index >= 15 is 0 Å². The lowest BCUT2D eigenvalue weighted by Gasteiger charge is -2.34. The van der Waals surface area contributed by atoms with E-state index in [0.717, 1.165) is 12.4 Å². The third-order valence-electron chi connectivity index (χ3n) is 4.89. The number of hydrogen-bond donors (Lipinski definition) is 0. The van der Waals surface area contributed by atoms with Crippen molar-refractivity contribution in [1.82, 2.24) is 0 Å². The Morgan fingerprint density at radius 2 is 2.00 bits per heavy atom. The fourth-order valence-corrected chi connectivity index (χ4v) is 4.26. The molecule has 1 nitrogen and oxygen atoms in total. The summed E-state index contributed by atoms with van der Waals surface area (Å²) in [4.78, 5) is 0.383. The summed E-state index contributed by atoms with van der Waals surface area (Å²) in [5.41, 5.74) is 5.83. The molecular weight excluding hydrogens is 324 g/mol. The Labute approximate surface area is 134 Å². The zero-order valence-corrected chi connectivity index (χ0v) is 14.0. The molecule has 21 heavy (non-hydrogen) atoms. The molecule has 2 aliphatic rings. The fourth-order valence-electron chi connectivity index (χ4n) is 3.50. The topological polar surface area (TPSA) is 9.23 Å². The summed E-state index contributed by atoms with van der Waals surface area (Å²) in [6.07, 6.45) is 1.17. The summed E-state index contributed by atoms with van der Waals surface area (Å²) in [5.74, 6) is 1.64. The van der Waals surface area contributed by atoms with Crippen LogP contribution in [0.1, 0.15) is 46.8 Å². The zero-order chi connectivity index (χ0) is 14.6. The number of ether oxygens (including phenoxy) is 1. The molecule has 1 aliphatic heterocycles. The summed E-state index contributed by atoms with van der Waals surface area (Å²) in [6.45, 7) is 5.29. The molecular formula is C19H19BrO. The highest BCUT2D eigenvalue weighted by molar-refractivity contribution is 9.09. The van der Waals surface area contributed by atoms with Gasteiger partial charge in [0, 0.05) is 21.7 Å². The van der Waals surface area contributed by atoms with Crippen molar-refractivity contribution in [2.45, 2.75) is 36.4 Å². The third kappa shape index (κ3) is 2.03. The van der Waals surface area contributed by atoms with Crippen molar-refractivity contribution in [2.24, 2.45) is 0 Å². The smallest absolute Gasteiger partial charge is 0.123 e. The molecule has 4 rings (SSSR count). The van der Waals surface area contributed by atoms with Crippen LogP contribution in [0.3, 0.4) is 0 Å². The SMILES string of the molecule is CC1(C)COc2ccc(C(Br)C3Cc4ccccc43)cc21. The second-order valence-electron chi connectivity index (χ2n) is 6.84. The molecule has 0 saturated heterocycles. The molecule has 1 heterocycles. The van der Waals surface area contributed by atoms with E-state index < -0.39 is 0 Å². The number of alkyl halides is 1. The number of rotatable bonds is 2. The lowest BCUT2D eigenvalue weighted by molar-refractivity contribution is 0.291. The summed E-state index contributed by atoms with van der Waals surface area (Å²) >= 11 is 3.94. The van der Waals surface area contributed by atoms with Crippen molar-refractivity contribution in [1.29, 1.82) is 0 Å². The average Bonchev–Trinajstić information content (AvgIpc) is 2.75. The Morgan fingerprint density at radius 3 is 2.81 bits per heavy atom. The molecule has 0 N–H and O–H groups in total. The van der Waals surface area contributed by atoms with Crippen molar-refractivity contribution in [3.05, 3.63) is 64.7 Å². The highest BCUT2D eigenvalue weighted by Crippen LogP contribution is 2.49. The number of hydrogen-bond acceptors (Lipinski definition) is 1. The van der Waals surface area contributed by atoms with Gasteiger partial charge in [0.25, 0.3) is 0 Å². The Balaban J connectivity index is 1.67. The molecule has 0 fully saturated rings. The van der Waals surface area contributed by atoms with Gasteiger partial charge < -0.3 is 4.74 Å². The molecule has 1 aliphatic carbocycles. The van der Waals surface area contributed by atoms with Gasteiger partial charge in [-0.1, -0.05) is 66.2 Å². The number of fused-ring (bicyclic) bond motifs is 2. The minimum absolute atomic E-state index is 0.121. The third-order valence-corrected chi connectivity index (χ3v) is 6.05. The minimum Gasteiger partial charge on any atom is -0.492 e. The van der Waals surface area contributed by atoms with Gasteiger partial charge in [0.2, 0.25) is 0 Å². The van der Waals surface area contributed by atoms with Crippen LogP contribution >= 0.6 is 15.9 Å². The van der Waals surface area contributed by atoms with Gasteiger partial charge in [0.1, 0.15) is 5.75 Å². The van der Waals surface area contributed by atoms with Crippen LogP contribution in [-0.4, -0.2) is 6.61 Å². The van der Waals surface area contributed by atoms with E-state index in [1.54, 1.807) is 0 Å². The van der Waals surface area contributed by atoms with Gasteiger partial charge in [-0.05, 0) is 29.2 Å². The maximum Gasteiger partial charge on any atom is 0.123 e. The highest BCUT2D eigenvalue weighted by Gasteiger charge is 2.35. The quantitative estimate of drug-likeness (QED) is 0.687. The van der Waals surface area contributed by atoms with Gasteiger partial charge in [-0.15, -0.1) is 0 Å². The second-order valence-corrected chi connectivity index (χ2v) is 7.83. The van der Waals surface area contributed by atoms with Gasteiger partial charge >= 0.3 is 0 Å². The van der Waals surface area contributed by atoms with E-state index in [1.165, 1.54) is 28.7 Å². The molecule has 2 aromatic carbocycles. The molecule has 2 heteroatoms. The van der Waals surface area contributed by atoms with Crippen molar-refractivity contribution in [3.63, 3.8) is 0 Å². The molecule has 2 unspecified atom stereocenters. The Kier molecular flexibility index (Phi) is 2.94. The monoisotopic (exact) mass is 342 g/mol. The standard InChI is InChI=1S/C19H19BrO/c1-19(2)11-21-17-8-7-13(10-16(17)19)18(20)15-9-12-5-3-4-6-14(12)15/h3-8,10,15,18H,9,11H2,1-2H3. The zero-order valence-electron chi connectivity index (χ0n) is 12.4. The first kappa shape index (κ1) is 13.4. The van der Waals surface area contributed by atoms with Crippen molar-refractivity contribution >= 4 is 15.9 Å². The van der Waals surface area contributed by atoms with Crippen molar-refractivity contribution < 1.29 is 4.74 Å². The summed E-state index contributed by atoms with van der Waals surface area (Å²) in [6, 6.07) is 15.5. The van der Waals surface area contributed by atoms with Crippen LogP contribution in [0.5, 0.6) is 5.75 Å². The fraction of sp³-hybridized carbons (Fsp3) is 0.368. The average molecular weight is 343 g/mol. The summed E-state index contributed by atoms with van der Waals surface area (Å²) in [7, 11) is 0. The van der Waals surface area contributed by atoms with Crippen LogP contribution in [0.25, 0.3) is 0 Å². The van der Waals surface area contributed by atoms with E-state index in [2.05, 4.69) is 72.2 Å². The molecule has 0 aromatic heterocycles. The Hall–Kier alpha value is -1.28. The van der Waals surface area contributed by atoms with Gasteiger partial charge in [-0.2, -0.15) is 0 Å². The van der Waals surface area contributed by atoms with E-state index in [9.17, 15) is 0 Å². The lowest BCUT2D eigenvalue weighted by atomic mass is 9.74. The Morgan fingerprint density at radius 1 is 1.19 bits per heavy atom. The molecule has 2 atom stereocenters. The number of benzene rings is 2. The molecule has 0 spiro atoms. The summed E-state index contributed by atoms with van der Waals surface area (Å²) in [5, 5.41) is 0. The van der Waals surface area contributed by atoms with E-state index in [4.69, 9.17) is 4.74 Å². The number of halogens is 1. The largest absolute Gasteiger partial charge is 0.492 e. The summed E-state index contributed by atoms with van der Waals surface area (Å²) < 4.78 is 5.79. The Bertz CT molecular complexity index is 704. The predicted molar refractivity (Wildman–Crippen MR) is 89.5 cm³/mol. The highest BCUT2D eigenvalue weighted by atomic mass is 79.9. The van der Waals surface area contributed by atoms with Gasteiger partial charge in [-0.25, -0.2) is 0 Å². The molecule has 0 radical (unpaired) electrons. The molecule has 0 amide bonds. The maximum absolute atomic E-state index is 5.79. The van der Waals surface area contributed by atoms with Crippen LogP contribution in [0.4, 0.5) is 0 Å². The molecule has 108 valence electrons. The molecule has 2 aromatic rings. The first-order valence-corrected chi connectivity index (χ1v) is 8.47. The van der Waals surface area contributed by atoms with Gasteiger partial charge in [0.15, 0.2) is 0 Å². The predicted octanol–water partition coefficient (Wildman–Crippen LogP) is 5.13. The second kappa shape index (κ2) is 4.61. The van der Waals surface area contributed by atoms with Gasteiger partial charge in [0.05, 0.1) is 6.61 Å². The van der Waals surface area contributed by atoms with Gasteiger partial charge in [-0.3, -0.25) is 0 Å². The van der Waals surface area contributed by atoms with Crippen LogP contribution < -0.4 is 4.74 Å². The van der Waals surface area contributed by atoms with E-state index in [0.29, 0.717) is 10.7 Å². The normalized spacial score (nSPS) is 22.7. The van der Waals surface area contributed by atoms with Crippen LogP contribution in [0, 0.1) is 0 Å². The van der Waals surface area contributed by atoms with E-state index in [1.807, 2.05) is 0 Å². The molecule has 0 bridgehead atoms. The first-order valence-electron chi connectivity index (χ1n) is 7.55. The van der Waals surface area contributed by atoms with Crippen molar-refractivity contribution in [2.75, 3.05) is 6.61 Å². The lowest BCUT2D eigenvalue weighted by Crippen LogP contribution is -2.21. The van der Waals surface area contributed by atoms with Crippen LogP contribution in [0.2, 0.25) is 0 Å². The van der Waals surface area contributed by atoms with E-state index in [-0.39, 0.29) is 5.41 Å². The molecule has 0 saturated carbocycles. The first-order chi connectivity index (χ1) is 10.1. The minimum atomic E-state index is 0.121. The van der Waals surface area contributed by atoms with Crippen molar-refractivity contribution in [3.8, 4) is 5.75 Å². The van der Waals surface area contributed by atoms with Crippen LogP contribution in [-0.2, 0) is 11.8 Å².